The summed E-state index contributed by atoms with van der Waals surface area (Å²) in [5, 5.41) is 25.0. The number of carbonyl (C=O) groups is 1. The smallest absolute Gasteiger partial charge is 0.256 e. The van der Waals surface area contributed by atoms with E-state index in [1.165, 1.54) is 0 Å². The molecular formula is C26H20Cl2N4O4. The molecule has 0 saturated carbocycles. The Morgan fingerprint density at radius 1 is 1.19 bits per heavy atom. The van der Waals surface area contributed by atoms with E-state index < -0.39 is 23.4 Å². The van der Waals surface area contributed by atoms with E-state index in [1.54, 1.807) is 72.6 Å². The first-order valence-electron chi connectivity index (χ1n) is 11.1. The van der Waals surface area contributed by atoms with E-state index in [9.17, 15) is 20.2 Å². The van der Waals surface area contributed by atoms with Gasteiger partial charge < -0.3 is 10.1 Å². The molecule has 10 heteroatoms. The summed E-state index contributed by atoms with van der Waals surface area (Å²) >= 11 is 13.1. The number of likely N-dealkylation sites (tertiary alicyclic amines) is 1. The highest BCUT2D eigenvalue weighted by molar-refractivity contribution is 6.37. The highest BCUT2D eigenvalue weighted by Gasteiger charge is 2.68. The zero-order valence-electron chi connectivity index (χ0n) is 19.1. The van der Waals surface area contributed by atoms with Gasteiger partial charge in [-0.15, -0.1) is 0 Å². The number of hydrogen-bond donors (Lipinski definition) is 1. The van der Waals surface area contributed by atoms with Crippen molar-refractivity contribution in [1.29, 1.82) is 5.26 Å². The van der Waals surface area contributed by atoms with Crippen LogP contribution in [0.5, 0.6) is 5.75 Å². The average molecular weight is 523 g/mol. The largest absolute Gasteiger partial charge is 0.486 e. The number of amides is 1. The van der Waals surface area contributed by atoms with Gasteiger partial charge in [0.2, 0.25) is 0 Å². The lowest BCUT2D eigenvalue weighted by Crippen LogP contribution is -2.54. The van der Waals surface area contributed by atoms with Crippen LogP contribution in [0.25, 0.3) is 0 Å². The molecule has 36 heavy (non-hydrogen) atoms. The number of rotatable bonds is 5. The lowest BCUT2D eigenvalue weighted by atomic mass is 9.79. The second kappa shape index (κ2) is 9.10. The molecule has 1 saturated heterocycles. The predicted octanol–water partition coefficient (Wildman–Crippen LogP) is 4.97. The van der Waals surface area contributed by atoms with Gasteiger partial charge in [-0.2, -0.15) is 5.26 Å². The van der Waals surface area contributed by atoms with Crippen molar-refractivity contribution in [1.82, 2.24) is 4.90 Å². The Bertz CT molecular complexity index is 1420. The number of fused-ring (bicyclic) bond motifs is 2. The molecule has 3 atom stereocenters. The first-order valence-corrected chi connectivity index (χ1v) is 11.9. The van der Waals surface area contributed by atoms with E-state index in [1.807, 2.05) is 0 Å². The maximum absolute atomic E-state index is 13.3. The molecule has 2 aliphatic rings. The zero-order chi connectivity index (χ0) is 25.6. The molecule has 1 fully saturated rings. The van der Waals surface area contributed by atoms with E-state index in [0.717, 1.165) is 0 Å². The van der Waals surface area contributed by atoms with Crippen LogP contribution >= 0.6 is 23.2 Å². The lowest BCUT2D eigenvalue weighted by Gasteiger charge is -2.30. The summed E-state index contributed by atoms with van der Waals surface area (Å²) in [7, 11) is 1.71. The summed E-state index contributed by atoms with van der Waals surface area (Å²) in [6.45, 7) is 0.322. The average Bonchev–Trinajstić information content (AvgIpc) is 3.33. The monoisotopic (exact) mass is 522 g/mol. The van der Waals surface area contributed by atoms with E-state index in [4.69, 9.17) is 27.9 Å². The Balaban J connectivity index is 1.50. The summed E-state index contributed by atoms with van der Waals surface area (Å²) in [5.74, 6) is -0.869. The Morgan fingerprint density at radius 2 is 1.86 bits per heavy atom. The molecule has 0 aromatic heterocycles. The Hall–Kier alpha value is -3.64. The Kier molecular flexibility index (Phi) is 6.08. The van der Waals surface area contributed by atoms with Crippen molar-refractivity contribution in [2.24, 2.45) is 0 Å². The molecule has 2 aliphatic heterocycles. The van der Waals surface area contributed by atoms with Crippen LogP contribution in [0.4, 0.5) is 5.69 Å². The van der Waals surface area contributed by atoms with Gasteiger partial charge in [-0.25, -0.2) is 0 Å². The van der Waals surface area contributed by atoms with Crippen molar-refractivity contribution in [2.75, 3.05) is 18.9 Å². The van der Waals surface area contributed by atoms with Crippen molar-refractivity contribution in [3.8, 4) is 11.8 Å². The zero-order valence-corrected chi connectivity index (χ0v) is 20.6. The van der Waals surface area contributed by atoms with Gasteiger partial charge >= 0.3 is 0 Å². The molecule has 1 N–H and O–H groups in total. The summed E-state index contributed by atoms with van der Waals surface area (Å²) in [6, 6.07) is 18.1. The fourth-order valence-corrected chi connectivity index (χ4v) is 6.03. The Morgan fingerprint density at radius 3 is 2.56 bits per heavy atom. The predicted molar refractivity (Wildman–Crippen MR) is 135 cm³/mol. The highest BCUT2D eigenvalue weighted by Crippen LogP contribution is 2.52. The molecule has 0 aliphatic carbocycles. The highest BCUT2D eigenvalue weighted by atomic mass is 35.5. The minimum Gasteiger partial charge on any atom is -0.486 e. The van der Waals surface area contributed by atoms with E-state index in [2.05, 4.69) is 11.4 Å². The maximum atomic E-state index is 13.3. The minimum absolute atomic E-state index is 0.0757. The number of halogens is 2. The van der Waals surface area contributed by atoms with Gasteiger partial charge in [0.05, 0.1) is 27.6 Å². The number of carbonyl (C=O) groups excluding carboxylic acids is 1. The first kappa shape index (κ1) is 24.1. The number of nitrogens with zero attached hydrogens (tertiary/aromatic N) is 3. The lowest BCUT2D eigenvalue weighted by molar-refractivity contribution is -0.534. The van der Waals surface area contributed by atoms with Gasteiger partial charge in [-0.05, 0) is 36.9 Å². The normalized spacial score (nSPS) is 22.8. The summed E-state index contributed by atoms with van der Waals surface area (Å²) in [5.41, 5.74) is 1.38. The maximum Gasteiger partial charge on any atom is 0.256 e. The van der Waals surface area contributed by atoms with E-state index >= 15 is 0 Å². The van der Waals surface area contributed by atoms with Gasteiger partial charge in [-0.3, -0.25) is 19.8 Å². The molecule has 0 bridgehead atoms. The van der Waals surface area contributed by atoms with E-state index in [-0.39, 0.29) is 33.9 Å². The SMILES string of the molecule is CN1C[C@H](c2cc(Cl)c(OCc3ccccc3C#N)c(Cl)c2)[C@H]([N+](=O)[O-])[C@@]12C(=O)Nc1ccccc12. The number of para-hydroxylation sites is 1. The van der Waals surface area contributed by atoms with Crippen LogP contribution in [-0.2, 0) is 16.9 Å². The molecule has 8 nitrogen and oxygen atoms in total. The van der Waals surface area contributed by atoms with Crippen molar-refractivity contribution in [2.45, 2.75) is 24.1 Å². The molecule has 3 aromatic carbocycles. The number of nitriles is 1. The second-order valence-corrected chi connectivity index (χ2v) is 9.67. The minimum atomic E-state index is -1.46. The molecule has 1 spiro atoms. The van der Waals surface area contributed by atoms with Crippen LogP contribution in [0.2, 0.25) is 10.0 Å². The van der Waals surface area contributed by atoms with Gasteiger partial charge in [0, 0.05) is 28.3 Å². The van der Waals surface area contributed by atoms with Crippen LogP contribution in [0.3, 0.4) is 0 Å². The molecule has 0 unspecified atom stereocenters. The molecule has 3 aromatic rings. The fraction of sp³-hybridized carbons (Fsp3) is 0.231. The topological polar surface area (TPSA) is 108 Å². The summed E-state index contributed by atoms with van der Waals surface area (Å²) < 4.78 is 5.84. The number of nitrogens with one attached hydrogen (secondary N) is 1. The van der Waals surface area contributed by atoms with E-state index in [0.29, 0.717) is 27.9 Å². The molecule has 0 radical (unpaired) electrons. The molecular weight excluding hydrogens is 503 g/mol. The van der Waals surface area contributed by atoms with Crippen molar-refractivity contribution >= 4 is 34.8 Å². The molecule has 182 valence electrons. The van der Waals surface area contributed by atoms with Crippen LogP contribution < -0.4 is 10.1 Å². The molecule has 2 heterocycles. The summed E-state index contributed by atoms with van der Waals surface area (Å²) in [4.78, 5) is 27.1. The number of hydrogen-bond acceptors (Lipinski definition) is 6. The van der Waals surface area contributed by atoms with Crippen LogP contribution in [-0.4, -0.2) is 35.4 Å². The van der Waals surface area contributed by atoms with Gasteiger partial charge in [0.25, 0.3) is 11.9 Å². The van der Waals surface area contributed by atoms with Crippen molar-refractivity contribution < 1.29 is 14.5 Å². The quantitative estimate of drug-likeness (QED) is 0.374. The third kappa shape index (κ3) is 3.59. The molecule has 5 rings (SSSR count). The number of nitro groups is 1. The standard InChI is InChI=1S/C26H20Cl2N4O4/c1-31-13-18(24(32(34)35)26(31)19-8-4-5-9-22(19)30-25(26)33)17-10-20(27)23(21(28)11-17)36-14-16-7-3-2-6-15(16)12-29/h2-11,18,24H,13-14H2,1H3,(H,30,33)/t18-,24+,26+/m1/s1. The van der Waals surface area contributed by atoms with Crippen molar-refractivity contribution in [3.05, 3.63) is 103 Å². The third-order valence-electron chi connectivity index (χ3n) is 7.00. The van der Waals surface area contributed by atoms with Gasteiger partial charge in [0.15, 0.2) is 11.3 Å². The first-order chi connectivity index (χ1) is 17.3. The number of anilines is 1. The van der Waals surface area contributed by atoms with Crippen LogP contribution in [0.15, 0.2) is 60.7 Å². The number of likely N-dealkylation sites (N-methyl/N-ethyl adjacent to an activating group) is 1. The van der Waals surface area contributed by atoms with Gasteiger partial charge in [0.1, 0.15) is 6.61 Å². The van der Waals surface area contributed by atoms with Crippen molar-refractivity contribution in [3.63, 3.8) is 0 Å². The molecule has 1 amide bonds. The number of benzene rings is 3. The summed E-state index contributed by atoms with van der Waals surface area (Å²) in [6.07, 6.45) is 0. The van der Waals surface area contributed by atoms with Crippen LogP contribution in [0, 0.1) is 21.4 Å². The van der Waals surface area contributed by atoms with Crippen LogP contribution in [0.1, 0.15) is 28.2 Å². The number of ether oxygens (including phenoxy) is 1. The second-order valence-electron chi connectivity index (χ2n) is 8.85. The Labute approximate surface area is 217 Å². The third-order valence-corrected chi connectivity index (χ3v) is 7.56. The fourth-order valence-electron chi connectivity index (χ4n) is 5.42. The van der Waals surface area contributed by atoms with Gasteiger partial charge in [-0.1, -0.05) is 59.6 Å².